The van der Waals surface area contributed by atoms with Gasteiger partial charge >= 0.3 is 12.0 Å². The highest BCUT2D eigenvalue weighted by atomic mass is 16.5. The highest BCUT2D eigenvalue weighted by Gasteiger charge is 2.53. The van der Waals surface area contributed by atoms with Crippen molar-refractivity contribution in [1.82, 2.24) is 15.5 Å². The first-order chi connectivity index (χ1) is 14.5. The van der Waals surface area contributed by atoms with E-state index in [-0.39, 0.29) is 23.3 Å². The summed E-state index contributed by atoms with van der Waals surface area (Å²) in [6.45, 7) is 7.82. The van der Waals surface area contributed by atoms with Gasteiger partial charge in [0.25, 0.3) is 11.8 Å². The van der Waals surface area contributed by atoms with Crippen molar-refractivity contribution in [1.29, 1.82) is 0 Å². The second-order valence-electron chi connectivity index (χ2n) is 10.6. The molecule has 2 N–H and O–H groups in total. The van der Waals surface area contributed by atoms with Crippen molar-refractivity contribution in [3.8, 4) is 0 Å². The van der Waals surface area contributed by atoms with Gasteiger partial charge in [0.15, 0.2) is 6.61 Å². The van der Waals surface area contributed by atoms with Gasteiger partial charge in [-0.25, -0.2) is 4.79 Å². The van der Waals surface area contributed by atoms with E-state index >= 15 is 0 Å². The minimum absolute atomic E-state index is 0.106. The van der Waals surface area contributed by atoms with Crippen molar-refractivity contribution in [2.24, 2.45) is 17.3 Å². The van der Waals surface area contributed by atoms with Gasteiger partial charge in [0, 0.05) is 6.04 Å². The third kappa shape index (κ3) is 5.39. The zero-order valence-corrected chi connectivity index (χ0v) is 19.3. The van der Waals surface area contributed by atoms with Crippen molar-refractivity contribution in [3.63, 3.8) is 0 Å². The smallest absolute Gasteiger partial charge is 0.326 e. The fourth-order valence-corrected chi connectivity index (χ4v) is 5.24. The molecule has 2 saturated carbocycles. The van der Waals surface area contributed by atoms with Crippen LogP contribution in [0.5, 0.6) is 0 Å². The molecule has 1 heterocycles. The fraction of sp³-hybridized carbons (Fsp3) is 0.826. The summed E-state index contributed by atoms with van der Waals surface area (Å²) >= 11 is 0. The molecule has 8 heteroatoms. The Morgan fingerprint density at radius 3 is 2.39 bits per heavy atom. The Labute approximate surface area is 184 Å². The van der Waals surface area contributed by atoms with Gasteiger partial charge in [-0.1, -0.05) is 40.5 Å². The number of hydrogen-bond acceptors (Lipinski definition) is 5. The number of carbonyl (C=O) groups is 4. The molecule has 8 nitrogen and oxygen atoms in total. The summed E-state index contributed by atoms with van der Waals surface area (Å²) in [5, 5.41) is 5.74. The minimum Gasteiger partial charge on any atom is -0.454 e. The van der Waals surface area contributed by atoms with Crippen molar-refractivity contribution in [3.05, 3.63) is 0 Å². The third-order valence-corrected chi connectivity index (χ3v) is 7.42. The number of amides is 4. The number of rotatable bonds is 5. The molecule has 0 aromatic carbocycles. The maximum absolute atomic E-state index is 13.0. The Bertz CT molecular complexity index is 721. The van der Waals surface area contributed by atoms with E-state index in [0.29, 0.717) is 24.7 Å². The summed E-state index contributed by atoms with van der Waals surface area (Å²) in [5.41, 5.74) is -0.750. The lowest BCUT2D eigenvalue weighted by molar-refractivity contribution is -0.151. The zero-order chi connectivity index (χ0) is 22.8. The number of imide groups is 1. The Hall–Kier alpha value is -2.12. The van der Waals surface area contributed by atoms with E-state index in [9.17, 15) is 19.2 Å². The maximum Gasteiger partial charge on any atom is 0.326 e. The van der Waals surface area contributed by atoms with E-state index in [1.807, 2.05) is 0 Å². The molecule has 2 atom stereocenters. The molecular weight excluding hydrogens is 398 g/mol. The number of esters is 1. The van der Waals surface area contributed by atoms with Crippen LogP contribution in [0.2, 0.25) is 0 Å². The van der Waals surface area contributed by atoms with Gasteiger partial charge in [-0.15, -0.1) is 0 Å². The standard InChI is InChI=1S/C23H37N3O5/c1-15-7-5-6-8-17(15)24-18(27)14-31-19(28)13-26-20(29)23(25-21(26)30)11-9-16(10-12-23)22(2,3)4/h15-17H,5-14H2,1-4H3,(H,24,27)(H,25,30)/t15-,16?,17-,23?/m0/s1. The van der Waals surface area contributed by atoms with Crippen LogP contribution in [0.4, 0.5) is 4.79 Å². The predicted molar refractivity (Wildman–Crippen MR) is 115 cm³/mol. The molecule has 4 amide bonds. The molecule has 2 aliphatic carbocycles. The van der Waals surface area contributed by atoms with Crippen LogP contribution in [0.1, 0.15) is 79.1 Å². The first-order valence-corrected chi connectivity index (χ1v) is 11.6. The van der Waals surface area contributed by atoms with Crippen molar-refractivity contribution in [2.45, 2.75) is 90.6 Å². The normalized spacial score (nSPS) is 31.5. The summed E-state index contributed by atoms with van der Waals surface area (Å²) in [6.07, 6.45) is 7.13. The molecular formula is C23H37N3O5. The van der Waals surface area contributed by atoms with E-state index < -0.39 is 30.7 Å². The van der Waals surface area contributed by atoms with Gasteiger partial charge in [0.2, 0.25) is 0 Å². The maximum atomic E-state index is 13.0. The van der Waals surface area contributed by atoms with Crippen LogP contribution in [0.25, 0.3) is 0 Å². The number of hydrogen-bond donors (Lipinski definition) is 2. The Morgan fingerprint density at radius 2 is 1.77 bits per heavy atom. The van der Waals surface area contributed by atoms with E-state index in [4.69, 9.17) is 4.74 Å². The van der Waals surface area contributed by atoms with Gasteiger partial charge in [-0.05, 0) is 55.8 Å². The number of urea groups is 1. The van der Waals surface area contributed by atoms with Crippen molar-refractivity contribution in [2.75, 3.05) is 13.2 Å². The molecule has 0 bridgehead atoms. The van der Waals surface area contributed by atoms with Crippen LogP contribution < -0.4 is 10.6 Å². The molecule has 3 rings (SSSR count). The largest absolute Gasteiger partial charge is 0.454 e. The highest BCUT2D eigenvalue weighted by molar-refractivity contribution is 6.08. The zero-order valence-electron chi connectivity index (χ0n) is 19.3. The Balaban J connectivity index is 1.47. The average molecular weight is 436 g/mol. The lowest BCUT2D eigenvalue weighted by Crippen LogP contribution is -2.50. The summed E-state index contributed by atoms with van der Waals surface area (Å²) in [4.78, 5) is 50.7. The minimum atomic E-state index is -0.909. The van der Waals surface area contributed by atoms with Crippen LogP contribution in [-0.4, -0.2) is 53.4 Å². The molecule has 1 saturated heterocycles. The molecule has 0 radical (unpaired) electrons. The monoisotopic (exact) mass is 435 g/mol. The average Bonchev–Trinajstić information content (AvgIpc) is 2.92. The second-order valence-corrected chi connectivity index (χ2v) is 10.6. The van der Waals surface area contributed by atoms with Crippen LogP contribution in [0.3, 0.4) is 0 Å². The quantitative estimate of drug-likeness (QED) is 0.510. The van der Waals surface area contributed by atoms with Gasteiger partial charge in [0.1, 0.15) is 12.1 Å². The SMILES string of the molecule is C[C@H]1CCCC[C@@H]1NC(=O)COC(=O)CN1C(=O)NC2(CCC(C(C)(C)C)CC2)C1=O. The first kappa shape index (κ1) is 23.5. The molecule has 31 heavy (non-hydrogen) atoms. The summed E-state index contributed by atoms with van der Waals surface area (Å²) in [5.74, 6) is -0.560. The van der Waals surface area contributed by atoms with E-state index in [2.05, 4.69) is 38.3 Å². The summed E-state index contributed by atoms with van der Waals surface area (Å²) in [7, 11) is 0. The summed E-state index contributed by atoms with van der Waals surface area (Å²) < 4.78 is 5.05. The van der Waals surface area contributed by atoms with Crippen LogP contribution in [0.15, 0.2) is 0 Å². The van der Waals surface area contributed by atoms with E-state index in [1.165, 1.54) is 6.42 Å². The Kier molecular flexibility index (Phi) is 6.96. The number of carbonyl (C=O) groups excluding carboxylic acids is 4. The van der Waals surface area contributed by atoms with Crippen molar-refractivity contribution >= 4 is 23.8 Å². The van der Waals surface area contributed by atoms with E-state index in [1.54, 1.807) is 0 Å². The lowest BCUT2D eigenvalue weighted by Gasteiger charge is -2.40. The number of nitrogens with zero attached hydrogens (tertiary/aromatic N) is 1. The molecule has 3 aliphatic rings. The van der Waals surface area contributed by atoms with Crippen molar-refractivity contribution < 1.29 is 23.9 Å². The number of nitrogens with one attached hydrogen (secondary N) is 2. The lowest BCUT2D eigenvalue weighted by atomic mass is 9.67. The highest BCUT2D eigenvalue weighted by Crippen LogP contribution is 2.43. The van der Waals surface area contributed by atoms with Crippen LogP contribution in [0, 0.1) is 17.3 Å². The third-order valence-electron chi connectivity index (χ3n) is 7.42. The summed E-state index contributed by atoms with van der Waals surface area (Å²) in [6, 6.07) is -0.453. The van der Waals surface area contributed by atoms with Crippen LogP contribution >= 0.6 is 0 Å². The Morgan fingerprint density at radius 1 is 1.13 bits per heavy atom. The van der Waals surface area contributed by atoms with E-state index in [0.717, 1.165) is 37.0 Å². The number of ether oxygens (including phenoxy) is 1. The first-order valence-electron chi connectivity index (χ1n) is 11.6. The topological polar surface area (TPSA) is 105 Å². The fourth-order valence-electron chi connectivity index (χ4n) is 5.24. The van der Waals surface area contributed by atoms with Gasteiger partial charge < -0.3 is 15.4 Å². The van der Waals surface area contributed by atoms with Gasteiger partial charge in [-0.2, -0.15) is 0 Å². The second kappa shape index (κ2) is 9.17. The molecule has 0 unspecified atom stereocenters. The van der Waals surface area contributed by atoms with Gasteiger partial charge in [0.05, 0.1) is 0 Å². The molecule has 0 aromatic heterocycles. The predicted octanol–water partition coefficient (Wildman–Crippen LogP) is 2.75. The molecule has 0 aromatic rings. The molecule has 1 spiro atoms. The molecule has 3 fully saturated rings. The van der Waals surface area contributed by atoms with Crippen LogP contribution in [-0.2, 0) is 19.1 Å². The van der Waals surface area contributed by atoms with Gasteiger partial charge in [-0.3, -0.25) is 19.3 Å². The molecule has 174 valence electrons. The molecule has 1 aliphatic heterocycles.